The molecule has 0 aliphatic rings. The topological polar surface area (TPSA) is 90.4 Å². The van der Waals surface area contributed by atoms with Crippen LogP contribution in [0.4, 0.5) is 11.5 Å². The number of anilines is 2. The molecule has 0 fully saturated rings. The van der Waals surface area contributed by atoms with Crippen LogP contribution >= 0.6 is 11.3 Å². The number of nitrogens with one attached hydrogen (secondary N) is 1. The van der Waals surface area contributed by atoms with Crippen molar-refractivity contribution in [3.63, 3.8) is 0 Å². The van der Waals surface area contributed by atoms with Gasteiger partial charge in [0.1, 0.15) is 17.0 Å². The van der Waals surface area contributed by atoms with Gasteiger partial charge in [0, 0.05) is 11.1 Å². The van der Waals surface area contributed by atoms with Crippen LogP contribution in [-0.4, -0.2) is 35.1 Å². The molecule has 0 bridgehead atoms. The van der Waals surface area contributed by atoms with Gasteiger partial charge in [-0.1, -0.05) is 0 Å². The van der Waals surface area contributed by atoms with Gasteiger partial charge < -0.3 is 14.8 Å². The average molecular weight is 371 g/mol. The minimum atomic E-state index is -0.408. The Morgan fingerprint density at radius 1 is 1.04 bits per heavy atom. The van der Waals surface area contributed by atoms with Gasteiger partial charge in [0.2, 0.25) is 0 Å². The van der Waals surface area contributed by atoms with Crippen LogP contribution in [-0.2, 0) is 9.47 Å². The van der Waals surface area contributed by atoms with Gasteiger partial charge in [-0.15, -0.1) is 11.3 Å². The largest absolute Gasteiger partial charge is 0.462 e. The minimum absolute atomic E-state index is 0.294. The van der Waals surface area contributed by atoms with Crippen molar-refractivity contribution in [3.05, 3.63) is 47.1 Å². The molecule has 0 saturated heterocycles. The van der Waals surface area contributed by atoms with Crippen molar-refractivity contribution in [2.24, 2.45) is 0 Å². The zero-order valence-electron chi connectivity index (χ0n) is 14.3. The maximum Gasteiger partial charge on any atom is 0.339 e. The van der Waals surface area contributed by atoms with Gasteiger partial charge in [-0.3, -0.25) is 0 Å². The molecule has 0 amide bonds. The molecule has 2 aromatic heterocycles. The Morgan fingerprint density at radius 3 is 2.42 bits per heavy atom. The second kappa shape index (κ2) is 7.92. The standard InChI is InChI=1S/C18H17N3O4S/c1-3-24-17(22)11-5-7-12(8-6-11)21-15-14-13(18(23)25-4-2)9-26-16(14)20-10-19-15/h5-10H,3-4H2,1-2H3,(H,19,20,21). The molecule has 2 heterocycles. The van der Waals surface area contributed by atoms with Gasteiger partial charge in [-0.2, -0.15) is 0 Å². The van der Waals surface area contributed by atoms with E-state index in [9.17, 15) is 9.59 Å². The van der Waals surface area contributed by atoms with E-state index in [1.807, 2.05) is 0 Å². The predicted octanol–water partition coefficient (Wildman–Crippen LogP) is 3.79. The zero-order valence-corrected chi connectivity index (χ0v) is 15.1. The number of thiophene rings is 1. The highest BCUT2D eigenvalue weighted by Crippen LogP contribution is 2.31. The molecule has 3 aromatic rings. The van der Waals surface area contributed by atoms with Gasteiger partial charge in [-0.05, 0) is 38.1 Å². The monoisotopic (exact) mass is 371 g/mol. The first kappa shape index (κ1) is 17.8. The molecule has 8 heteroatoms. The van der Waals surface area contributed by atoms with E-state index in [0.717, 1.165) is 5.69 Å². The summed E-state index contributed by atoms with van der Waals surface area (Å²) in [6.07, 6.45) is 1.43. The number of aromatic nitrogens is 2. The molecule has 0 aliphatic carbocycles. The van der Waals surface area contributed by atoms with E-state index in [0.29, 0.717) is 40.4 Å². The van der Waals surface area contributed by atoms with E-state index < -0.39 is 5.97 Å². The van der Waals surface area contributed by atoms with E-state index in [1.165, 1.54) is 17.7 Å². The molecule has 3 rings (SSSR count). The first-order valence-corrected chi connectivity index (χ1v) is 8.95. The van der Waals surface area contributed by atoms with Crippen LogP contribution in [0, 0.1) is 0 Å². The van der Waals surface area contributed by atoms with Crippen LogP contribution in [0.15, 0.2) is 36.0 Å². The number of ether oxygens (including phenoxy) is 2. The summed E-state index contributed by atoms with van der Waals surface area (Å²) in [6, 6.07) is 6.82. The lowest BCUT2D eigenvalue weighted by atomic mass is 10.2. The number of hydrogen-bond acceptors (Lipinski definition) is 8. The molecule has 7 nitrogen and oxygen atoms in total. The highest BCUT2D eigenvalue weighted by molar-refractivity contribution is 7.17. The van der Waals surface area contributed by atoms with Crippen LogP contribution in [0.25, 0.3) is 10.2 Å². The molecular formula is C18H17N3O4S. The summed E-state index contributed by atoms with van der Waals surface area (Å²) in [4.78, 5) is 33.0. The lowest BCUT2D eigenvalue weighted by Gasteiger charge is -2.09. The van der Waals surface area contributed by atoms with E-state index in [-0.39, 0.29) is 5.97 Å². The number of nitrogens with zero attached hydrogens (tertiary/aromatic N) is 2. The minimum Gasteiger partial charge on any atom is -0.462 e. The summed E-state index contributed by atoms with van der Waals surface area (Å²) in [5, 5.41) is 5.49. The first-order chi connectivity index (χ1) is 12.6. The Morgan fingerprint density at radius 2 is 1.73 bits per heavy atom. The molecule has 0 atom stereocenters. The molecule has 1 N–H and O–H groups in total. The van der Waals surface area contributed by atoms with Crippen LogP contribution in [0.3, 0.4) is 0 Å². The van der Waals surface area contributed by atoms with Crippen LogP contribution in [0.2, 0.25) is 0 Å². The third kappa shape index (κ3) is 3.65. The van der Waals surface area contributed by atoms with Crippen molar-refractivity contribution in [1.29, 1.82) is 0 Å². The lowest BCUT2D eigenvalue weighted by molar-refractivity contribution is 0.0518. The van der Waals surface area contributed by atoms with Crippen LogP contribution < -0.4 is 5.32 Å². The highest BCUT2D eigenvalue weighted by Gasteiger charge is 2.18. The number of rotatable bonds is 6. The van der Waals surface area contributed by atoms with E-state index in [2.05, 4.69) is 15.3 Å². The lowest BCUT2D eigenvalue weighted by Crippen LogP contribution is -2.06. The van der Waals surface area contributed by atoms with Crippen molar-refractivity contribution in [1.82, 2.24) is 9.97 Å². The fourth-order valence-corrected chi connectivity index (χ4v) is 3.25. The number of esters is 2. The number of fused-ring (bicyclic) bond motifs is 1. The molecule has 0 unspecified atom stereocenters. The maximum absolute atomic E-state index is 12.2. The van der Waals surface area contributed by atoms with Gasteiger partial charge >= 0.3 is 11.9 Å². The Labute approximate surface area is 154 Å². The van der Waals surface area contributed by atoms with Crippen molar-refractivity contribution >= 4 is 45.0 Å². The maximum atomic E-state index is 12.2. The number of carbonyl (C=O) groups excluding carboxylic acids is 2. The second-order valence-corrected chi connectivity index (χ2v) is 6.05. The molecule has 0 spiro atoms. The van der Waals surface area contributed by atoms with E-state index in [4.69, 9.17) is 9.47 Å². The van der Waals surface area contributed by atoms with Crippen LogP contribution in [0.5, 0.6) is 0 Å². The summed E-state index contributed by atoms with van der Waals surface area (Å²) in [6.45, 7) is 4.14. The molecule has 1 aromatic carbocycles. The summed E-state index contributed by atoms with van der Waals surface area (Å²) in [5.74, 6) is -0.275. The summed E-state index contributed by atoms with van der Waals surface area (Å²) in [7, 11) is 0. The molecular weight excluding hydrogens is 354 g/mol. The van der Waals surface area contributed by atoms with Gasteiger partial charge in [0.25, 0.3) is 0 Å². The Kier molecular flexibility index (Phi) is 5.43. The molecule has 134 valence electrons. The summed E-state index contributed by atoms with van der Waals surface area (Å²) >= 11 is 1.35. The Balaban J connectivity index is 1.90. The number of benzene rings is 1. The molecule has 0 saturated carbocycles. The predicted molar refractivity (Wildman–Crippen MR) is 99.1 cm³/mol. The van der Waals surface area contributed by atoms with Crippen LogP contribution in [0.1, 0.15) is 34.6 Å². The average Bonchev–Trinajstić information content (AvgIpc) is 3.08. The number of carbonyl (C=O) groups is 2. The van der Waals surface area contributed by atoms with E-state index in [1.54, 1.807) is 43.5 Å². The second-order valence-electron chi connectivity index (χ2n) is 5.20. The van der Waals surface area contributed by atoms with Crippen molar-refractivity contribution < 1.29 is 19.1 Å². The molecule has 0 aliphatic heterocycles. The van der Waals surface area contributed by atoms with Crippen molar-refractivity contribution in [3.8, 4) is 0 Å². The SMILES string of the molecule is CCOC(=O)c1ccc(Nc2ncnc3scc(C(=O)OCC)c23)cc1. The Bertz CT molecular complexity index is 937. The first-order valence-electron chi connectivity index (χ1n) is 8.07. The quantitative estimate of drug-likeness (QED) is 0.659. The Hall–Kier alpha value is -3.00. The normalized spacial score (nSPS) is 10.5. The summed E-state index contributed by atoms with van der Waals surface area (Å²) < 4.78 is 10.1. The fourth-order valence-electron chi connectivity index (χ4n) is 2.37. The van der Waals surface area contributed by atoms with Crippen molar-refractivity contribution in [2.45, 2.75) is 13.8 Å². The van der Waals surface area contributed by atoms with E-state index >= 15 is 0 Å². The third-order valence-electron chi connectivity index (χ3n) is 3.52. The third-order valence-corrected chi connectivity index (χ3v) is 4.41. The van der Waals surface area contributed by atoms with Gasteiger partial charge in [-0.25, -0.2) is 19.6 Å². The molecule has 26 heavy (non-hydrogen) atoms. The van der Waals surface area contributed by atoms with Gasteiger partial charge in [0.15, 0.2) is 0 Å². The fraction of sp³-hybridized carbons (Fsp3) is 0.222. The zero-order chi connectivity index (χ0) is 18.5. The van der Waals surface area contributed by atoms with Gasteiger partial charge in [0.05, 0.1) is 29.7 Å². The highest BCUT2D eigenvalue weighted by atomic mass is 32.1. The smallest absolute Gasteiger partial charge is 0.339 e. The summed E-state index contributed by atoms with van der Waals surface area (Å²) in [5.41, 5.74) is 1.62. The van der Waals surface area contributed by atoms with Crippen molar-refractivity contribution in [2.75, 3.05) is 18.5 Å². The molecule has 0 radical (unpaired) electrons. The number of hydrogen-bond donors (Lipinski definition) is 1.